The van der Waals surface area contributed by atoms with Gasteiger partial charge in [0.2, 0.25) is 0 Å². The van der Waals surface area contributed by atoms with Crippen molar-refractivity contribution in [2.24, 2.45) is 7.05 Å². The number of benzene rings is 1. The van der Waals surface area contributed by atoms with Gasteiger partial charge >= 0.3 is 0 Å². The van der Waals surface area contributed by atoms with Crippen molar-refractivity contribution in [2.45, 2.75) is 19.4 Å². The molecule has 0 radical (unpaired) electrons. The van der Waals surface area contributed by atoms with E-state index in [1.54, 1.807) is 24.7 Å². The van der Waals surface area contributed by atoms with Gasteiger partial charge in [-0.15, -0.1) is 0 Å². The van der Waals surface area contributed by atoms with E-state index in [9.17, 15) is 5.11 Å². The van der Waals surface area contributed by atoms with Crippen LogP contribution in [0, 0.1) is 0 Å². The van der Waals surface area contributed by atoms with E-state index in [1.165, 1.54) is 0 Å². The summed E-state index contributed by atoms with van der Waals surface area (Å²) in [4.78, 5) is 0. The number of anilines is 1. The maximum atomic E-state index is 9.87. The van der Waals surface area contributed by atoms with Gasteiger partial charge in [-0.2, -0.15) is 5.10 Å². The van der Waals surface area contributed by atoms with Crippen molar-refractivity contribution in [3.63, 3.8) is 0 Å². The van der Waals surface area contributed by atoms with Crippen molar-refractivity contribution in [2.75, 3.05) is 5.73 Å². The molecule has 0 amide bonds. The fourth-order valence-corrected chi connectivity index (χ4v) is 1.73. The highest BCUT2D eigenvalue weighted by Crippen LogP contribution is 2.27. The van der Waals surface area contributed by atoms with E-state index in [4.69, 9.17) is 5.73 Å². The summed E-state index contributed by atoms with van der Waals surface area (Å²) in [6.07, 6.45) is 1.74. The lowest BCUT2D eigenvalue weighted by molar-refractivity contribution is 0.0786. The van der Waals surface area contributed by atoms with Crippen molar-refractivity contribution < 1.29 is 5.11 Å². The maximum absolute atomic E-state index is 9.87. The van der Waals surface area contributed by atoms with Gasteiger partial charge in [-0.3, -0.25) is 4.68 Å². The predicted octanol–water partition coefficient (Wildman–Crippen LogP) is 1.90. The van der Waals surface area contributed by atoms with E-state index in [0.717, 1.165) is 16.7 Å². The van der Waals surface area contributed by atoms with E-state index in [-0.39, 0.29) is 0 Å². The van der Waals surface area contributed by atoms with Crippen molar-refractivity contribution in [1.29, 1.82) is 0 Å². The third-order valence-corrected chi connectivity index (χ3v) is 2.89. The van der Waals surface area contributed by atoms with Gasteiger partial charge in [0.05, 0.1) is 11.8 Å². The van der Waals surface area contributed by atoms with Crippen LogP contribution in [0.3, 0.4) is 0 Å². The lowest BCUT2D eigenvalue weighted by Gasteiger charge is -2.17. The van der Waals surface area contributed by atoms with Gasteiger partial charge in [-0.05, 0) is 25.0 Å². The minimum Gasteiger partial charge on any atom is -0.386 e. The van der Waals surface area contributed by atoms with E-state index in [1.807, 2.05) is 31.3 Å². The smallest absolute Gasteiger partial charge is 0.129 e. The molecular formula is C13H17N3O. The summed E-state index contributed by atoms with van der Waals surface area (Å²) >= 11 is 0. The van der Waals surface area contributed by atoms with Crippen LogP contribution in [-0.2, 0) is 12.6 Å². The number of rotatable bonds is 2. The Hall–Kier alpha value is -1.81. The first-order chi connectivity index (χ1) is 7.89. The van der Waals surface area contributed by atoms with Crippen molar-refractivity contribution in [3.05, 3.63) is 36.0 Å². The molecule has 3 N–H and O–H groups in total. The lowest BCUT2D eigenvalue weighted by Crippen LogP contribution is -2.14. The molecule has 1 aromatic heterocycles. The van der Waals surface area contributed by atoms with Gasteiger partial charge in [0.25, 0.3) is 0 Å². The van der Waals surface area contributed by atoms with E-state index in [0.29, 0.717) is 5.82 Å². The standard InChI is InChI=1S/C13H17N3O/c1-13(2,17)10-6-4-9(5-7-10)11-8-15-16(3)12(11)14/h4-8,17H,14H2,1-3H3. The second-order valence-electron chi connectivity index (χ2n) is 4.70. The number of nitrogens with two attached hydrogens (primary N) is 1. The Bertz CT molecular complexity index is 521. The van der Waals surface area contributed by atoms with Crippen molar-refractivity contribution >= 4 is 5.82 Å². The SMILES string of the molecule is Cn1ncc(-c2ccc(C(C)(C)O)cc2)c1N. The first-order valence-corrected chi connectivity index (χ1v) is 5.50. The third kappa shape index (κ3) is 2.17. The van der Waals surface area contributed by atoms with Gasteiger partial charge in [-0.25, -0.2) is 0 Å². The predicted molar refractivity (Wildman–Crippen MR) is 68.3 cm³/mol. The number of aromatic nitrogens is 2. The van der Waals surface area contributed by atoms with Gasteiger partial charge < -0.3 is 10.8 Å². The Balaban J connectivity index is 2.40. The van der Waals surface area contributed by atoms with Gasteiger partial charge in [0.15, 0.2) is 0 Å². The highest BCUT2D eigenvalue weighted by Gasteiger charge is 2.16. The zero-order chi connectivity index (χ0) is 12.6. The van der Waals surface area contributed by atoms with Crippen LogP contribution in [0.4, 0.5) is 5.82 Å². The third-order valence-electron chi connectivity index (χ3n) is 2.89. The van der Waals surface area contributed by atoms with Crippen molar-refractivity contribution in [1.82, 2.24) is 9.78 Å². The number of nitrogens with zero attached hydrogens (tertiary/aromatic N) is 2. The summed E-state index contributed by atoms with van der Waals surface area (Å²) in [5.41, 5.74) is 7.88. The van der Waals surface area contributed by atoms with Gasteiger partial charge in [0.1, 0.15) is 5.82 Å². The number of aryl methyl sites for hydroxylation is 1. The molecule has 0 aliphatic heterocycles. The Morgan fingerprint density at radius 2 is 1.82 bits per heavy atom. The molecule has 0 aliphatic carbocycles. The molecular weight excluding hydrogens is 214 g/mol. The molecule has 17 heavy (non-hydrogen) atoms. The van der Waals surface area contributed by atoms with E-state index < -0.39 is 5.60 Å². The minimum absolute atomic E-state index is 0.640. The first kappa shape index (κ1) is 11.7. The maximum Gasteiger partial charge on any atom is 0.129 e. The quantitative estimate of drug-likeness (QED) is 0.829. The molecule has 2 aromatic rings. The van der Waals surface area contributed by atoms with Gasteiger partial charge in [-0.1, -0.05) is 24.3 Å². The second kappa shape index (κ2) is 3.89. The highest BCUT2D eigenvalue weighted by molar-refractivity contribution is 5.73. The number of nitrogen functional groups attached to an aromatic ring is 1. The molecule has 4 nitrogen and oxygen atoms in total. The van der Waals surface area contributed by atoms with Crippen LogP contribution >= 0.6 is 0 Å². The van der Waals surface area contributed by atoms with E-state index in [2.05, 4.69) is 5.10 Å². The molecule has 4 heteroatoms. The second-order valence-corrected chi connectivity index (χ2v) is 4.70. The number of hydrogen-bond acceptors (Lipinski definition) is 3. The number of aliphatic hydroxyl groups is 1. The number of hydrogen-bond donors (Lipinski definition) is 2. The molecule has 0 bridgehead atoms. The summed E-state index contributed by atoms with van der Waals surface area (Å²) < 4.78 is 1.64. The molecule has 90 valence electrons. The van der Waals surface area contributed by atoms with Crippen LogP contribution in [0.15, 0.2) is 30.5 Å². The molecule has 0 saturated carbocycles. The highest BCUT2D eigenvalue weighted by atomic mass is 16.3. The molecule has 0 atom stereocenters. The molecule has 1 aromatic carbocycles. The topological polar surface area (TPSA) is 64.1 Å². The van der Waals surface area contributed by atoms with Crippen LogP contribution in [0.25, 0.3) is 11.1 Å². The molecule has 0 unspecified atom stereocenters. The molecule has 0 fully saturated rings. The first-order valence-electron chi connectivity index (χ1n) is 5.50. The normalized spacial score (nSPS) is 11.8. The summed E-state index contributed by atoms with van der Waals surface area (Å²) in [6, 6.07) is 7.70. The Labute approximate surface area is 101 Å². The van der Waals surface area contributed by atoms with Crippen molar-refractivity contribution in [3.8, 4) is 11.1 Å². The summed E-state index contributed by atoms with van der Waals surface area (Å²) in [6.45, 7) is 3.53. The van der Waals surface area contributed by atoms with Crippen LogP contribution in [0.5, 0.6) is 0 Å². The summed E-state index contributed by atoms with van der Waals surface area (Å²) in [5.74, 6) is 0.640. The monoisotopic (exact) mass is 231 g/mol. The Morgan fingerprint density at radius 3 is 2.24 bits per heavy atom. The largest absolute Gasteiger partial charge is 0.386 e. The van der Waals surface area contributed by atoms with Crippen LogP contribution in [-0.4, -0.2) is 14.9 Å². The molecule has 2 rings (SSSR count). The lowest BCUT2D eigenvalue weighted by atomic mass is 9.96. The molecule has 0 aliphatic rings. The molecule has 0 spiro atoms. The van der Waals surface area contributed by atoms with Crippen LogP contribution < -0.4 is 5.73 Å². The Morgan fingerprint density at radius 1 is 1.24 bits per heavy atom. The minimum atomic E-state index is -0.820. The Kier molecular flexibility index (Phi) is 2.67. The average molecular weight is 231 g/mol. The summed E-state index contributed by atoms with van der Waals surface area (Å²) in [7, 11) is 1.81. The van der Waals surface area contributed by atoms with E-state index >= 15 is 0 Å². The van der Waals surface area contributed by atoms with Crippen LogP contribution in [0.2, 0.25) is 0 Å². The molecule has 0 saturated heterocycles. The van der Waals surface area contributed by atoms with Gasteiger partial charge in [0, 0.05) is 12.6 Å². The fourth-order valence-electron chi connectivity index (χ4n) is 1.73. The zero-order valence-corrected chi connectivity index (χ0v) is 10.3. The average Bonchev–Trinajstić information content (AvgIpc) is 2.59. The zero-order valence-electron chi connectivity index (χ0n) is 10.3. The summed E-state index contributed by atoms with van der Waals surface area (Å²) in [5, 5.41) is 14.0. The fraction of sp³-hybridized carbons (Fsp3) is 0.308. The van der Waals surface area contributed by atoms with Crippen LogP contribution in [0.1, 0.15) is 19.4 Å². The molecule has 1 heterocycles.